The van der Waals surface area contributed by atoms with Crippen LogP contribution >= 0.6 is 0 Å². The van der Waals surface area contributed by atoms with E-state index >= 15 is 0 Å². The maximum absolute atomic E-state index is 11.8. The minimum atomic E-state index is -0.281. The summed E-state index contributed by atoms with van der Waals surface area (Å²) in [5.41, 5.74) is 6.26. The Labute approximate surface area is 139 Å². The molecule has 0 saturated carbocycles. The van der Waals surface area contributed by atoms with Crippen molar-refractivity contribution >= 4 is 27.7 Å². The van der Waals surface area contributed by atoms with Crippen LogP contribution in [0.2, 0.25) is 0 Å². The highest BCUT2D eigenvalue weighted by molar-refractivity contribution is 6.10. The lowest BCUT2D eigenvalue weighted by Gasteiger charge is -2.08. The zero-order valence-corrected chi connectivity index (χ0v) is 13.1. The Kier molecular flexibility index (Phi) is 3.52. The quantitative estimate of drug-likeness (QED) is 0.345. The van der Waals surface area contributed by atoms with E-state index in [1.165, 1.54) is 5.56 Å². The molecule has 3 N–H and O–H groups in total. The second kappa shape index (κ2) is 5.83. The average molecular weight is 315 g/mol. The number of carbonyl (C=O) groups is 1. The second-order valence-electron chi connectivity index (χ2n) is 5.79. The summed E-state index contributed by atoms with van der Waals surface area (Å²) in [5.74, 6) is 4.98. The fourth-order valence-corrected chi connectivity index (χ4v) is 3.21. The van der Waals surface area contributed by atoms with Gasteiger partial charge in [0.2, 0.25) is 0 Å². The number of hydrazine groups is 1. The van der Waals surface area contributed by atoms with E-state index < -0.39 is 0 Å². The molecule has 1 aromatic heterocycles. The van der Waals surface area contributed by atoms with Gasteiger partial charge in [-0.25, -0.2) is 5.84 Å². The van der Waals surface area contributed by atoms with E-state index in [9.17, 15) is 4.79 Å². The molecule has 4 nitrogen and oxygen atoms in total. The van der Waals surface area contributed by atoms with Crippen molar-refractivity contribution in [3.05, 3.63) is 83.9 Å². The lowest BCUT2D eigenvalue weighted by molar-refractivity contribution is 0.0954. The molecule has 0 unspecified atom stereocenters. The largest absolute Gasteiger partial charge is 0.336 e. The van der Waals surface area contributed by atoms with Crippen LogP contribution in [0.5, 0.6) is 0 Å². The van der Waals surface area contributed by atoms with Crippen LogP contribution in [0.4, 0.5) is 0 Å². The van der Waals surface area contributed by atoms with E-state index in [0.29, 0.717) is 5.56 Å². The molecule has 0 atom stereocenters. The number of nitrogen functional groups attached to an aromatic ring is 1. The van der Waals surface area contributed by atoms with Gasteiger partial charge in [0, 0.05) is 33.9 Å². The molecule has 118 valence electrons. The smallest absolute Gasteiger partial charge is 0.265 e. The number of nitrogens with one attached hydrogen (secondary N) is 1. The maximum Gasteiger partial charge on any atom is 0.265 e. The average Bonchev–Trinajstić information content (AvgIpc) is 2.95. The summed E-state index contributed by atoms with van der Waals surface area (Å²) in [7, 11) is 0. The van der Waals surface area contributed by atoms with Gasteiger partial charge in [-0.15, -0.1) is 0 Å². The Morgan fingerprint density at radius 2 is 1.58 bits per heavy atom. The summed E-state index contributed by atoms with van der Waals surface area (Å²) >= 11 is 0. The molecule has 0 saturated heterocycles. The van der Waals surface area contributed by atoms with Crippen LogP contribution in [0.3, 0.4) is 0 Å². The lowest BCUT2D eigenvalue weighted by atomic mass is 10.1. The summed E-state index contributed by atoms with van der Waals surface area (Å²) in [4.78, 5) is 11.8. The zero-order chi connectivity index (χ0) is 16.5. The van der Waals surface area contributed by atoms with Crippen molar-refractivity contribution < 1.29 is 4.79 Å². The van der Waals surface area contributed by atoms with Crippen LogP contribution in [0.25, 0.3) is 21.8 Å². The lowest BCUT2D eigenvalue weighted by Crippen LogP contribution is -2.29. The molecule has 0 radical (unpaired) electrons. The number of hydrogen-bond acceptors (Lipinski definition) is 2. The number of fused-ring (bicyclic) bond motifs is 3. The van der Waals surface area contributed by atoms with Crippen molar-refractivity contribution in [1.82, 2.24) is 9.99 Å². The highest BCUT2D eigenvalue weighted by Crippen LogP contribution is 2.30. The normalized spacial score (nSPS) is 11.0. The van der Waals surface area contributed by atoms with E-state index in [1.54, 1.807) is 0 Å². The fourth-order valence-electron chi connectivity index (χ4n) is 3.21. The third-order valence-electron chi connectivity index (χ3n) is 4.35. The van der Waals surface area contributed by atoms with Crippen LogP contribution in [0.1, 0.15) is 15.9 Å². The molecule has 0 aliphatic heterocycles. The molecule has 1 amide bonds. The number of amides is 1. The topological polar surface area (TPSA) is 60.0 Å². The number of rotatable bonds is 3. The van der Waals surface area contributed by atoms with Gasteiger partial charge in [0.1, 0.15) is 0 Å². The standard InChI is InChI=1S/C20H17N3O/c21-22-20(24)15-10-11-19-17(12-15)16-8-4-5-9-18(16)23(19)13-14-6-2-1-3-7-14/h1-12H,13,21H2,(H,22,24). The van der Waals surface area contributed by atoms with Crippen LogP contribution in [0.15, 0.2) is 72.8 Å². The van der Waals surface area contributed by atoms with Crippen molar-refractivity contribution in [2.45, 2.75) is 6.54 Å². The van der Waals surface area contributed by atoms with Gasteiger partial charge in [0.05, 0.1) is 0 Å². The molecule has 4 rings (SSSR count). The van der Waals surface area contributed by atoms with Crippen LogP contribution in [0, 0.1) is 0 Å². The summed E-state index contributed by atoms with van der Waals surface area (Å²) in [6, 6.07) is 24.3. The molecule has 0 spiro atoms. The molecule has 0 bridgehead atoms. The molecule has 4 aromatic rings. The first-order chi connectivity index (χ1) is 11.8. The molecular formula is C20H17N3O. The number of benzene rings is 3. The Morgan fingerprint density at radius 1 is 0.875 bits per heavy atom. The molecule has 24 heavy (non-hydrogen) atoms. The summed E-state index contributed by atoms with van der Waals surface area (Å²) < 4.78 is 2.28. The van der Waals surface area contributed by atoms with E-state index in [1.807, 2.05) is 48.5 Å². The summed E-state index contributed by atoms with van der Waals surface area (Å²) in [6.45, 7) is 0.785. The van der Waals surface area contributed by atoms with E-state index in [4.69, 9.17) is 5.84 Å². The molecule has 3 aromatic carbocycles. The molecule has 0 fully saturated rings. The highest BCUT2D eigenvalue weighted by atomic mass is 16.2. The van der Waals surface area contributed by atoms with Gasteiger partial charge in [-0.1, -0.05) is 48.5 Å². The SMILES string of the molecule is NNC(=O)c1ccc2c(c1)c1ccccc1n2Cc1ccccc1. The molecular weight excluding hydrogens is 298 g/mol. The second-order valence-corrected chi connectivity index (χ2v) is 5.79. The number of nitrogens with zero attached hydrogens (tertiary/aromatic N) is 1. The number of carbonyl (C=O) groups excluding carboxylic acids is 1. The third-order valence-corrected chi connectivity index (χ3v) is 4.35. The summed E-state index contributed by atoms with van der Waals surface area (Å²) in [5, 5.41) is 2.19. The van der Waals surface area contributed by atoms with Crippen molar-refractivity contribution in [1.29, 1.82) is 0 Å². The van der Waals surface area contributed by atoms with Crippen molar-refractivity contribution in [3.8, 4) is 0 Å². The van der Waals surface area contributed by atoms with E-state index in [-0.39, 0.29) is 5.91 Å². The first-order valence-electron chi connectivity index (χ1n) is 7.84. The predicted octanol–water partition coefficient (Wildman–Crippen LogP) is 3.45. The van der Waals surface area contributed by atoms with Gasteiger partial charge in [-0.05, 0) is 29.8 Å². The van der Waals surface area contributed by atoms with Crippen LogP contribution < -0.4 is 11.3 Å². The fraction of sp³-hybridized carbons (Fsp3) is 0.0500. The number of para-hydroxylation sites is 1. The molecule has 0 aliphatic rings. The first kappa shape index (κ1) is 14.5. The number of nitrogens with two attached hydrogens (primary N) is 1. The van der Waals surface area contributed by atoms with Crippen molar-refractivity contribution in [2.24, 2.45) is 5.84 Å². The van der Waals surface area contributed by atoms with Gasteiger partial charge >= 0.3 is 0 Å². The molecule has 0 aliphatic carbocycles. The van der Waals surface area contributed by atoms with E-state index in [0.717, 1.165) is 28.4 Å². The minimum Gasteiger partial charge on any atom is -0.336 e. The summed E-state index contributed by atoms with van der Waals surface area (Å²) in [6.07, 6.45) is 0. The zero-order valence-electron chi connectivity index (χ0n) is 13.1. The Bertz CT molecular complexity index is 1030. The predicted molar refractivity (Wildman–Crippen MR) is 96.6 cm³/mol. The van der Waals surface area contributed by atoms with Gasteiger partial charge in [0.25, 0.3) is 5.91 Å². The van der Waals surface area contributed by atoms with Gasteiger partial charge in [-0.3, -0.25) is 10.2 Å². The Hall–Kier alpha value is -3.11. The monoisotopic (exact) mass is 315 g/mol. The van der Waals surface area contributed by atoms with Crippen LogP contribution in [-0.2, 0) is 6.54 Å². The highest BCUT2D eigenvalue weighted by Gasteiger charge is 2.13. The first-order valence-corrected chi connectivity index (χ1v) is 7.84. The molecule has 4 heteroatoms. The number of hydrogen-bond donors (Lipinski definition) is 2. The van der Waals surface area contributed by atoms with E-state index in [2.05, 4.69) is 34.3 Å². The number of aromatic nitrogens is 1. The molecule has 1 heterocycles. The van der Waals surface area contributed by atoms with Gasteiger partial charge in [0.15, 0.2) is 0 Å². The van der Waals surface area contributed by atoms with Crippen LogP contribution in [-0.4, -0.2) is 10.5 Å². The van der Waals surface area contributed by atoms with Gasteiger partial charge < -0.3 is 4.57 Å². The Morgan fingerprint density at radius 3 is 2.38 bits per heavy atom. The Balaban J connectivity index is 1.96. The minimum absolute atomic E-state index is 0.281. The van der Waals surface area contributed by atoms with Crippen molar-refractivity contribution in [3.63, 3.8) is 0 Å². The van der Waals surface area contributed by atoms with Crippen molar-refractivity contribution in [2.75, 3.05) is 0 Å². The van der Waals surface area contributed by atoms with Gasteiger partial charge in [-0.2, -0.15) is 0 Å². The third kappa shape index (κ3) is 2.33. The maximum atomic E-state index is 11.8.